The molecule has 26 heavy (non-hydrogen) atoms. The molecule has 1 atom stereocenters. The number of carbonyl (C=O) groups is 1. The molecule has 1 saturated carbocycles. The van der Waals surface area contributed by atoms with Crippen LogP contribution in [0, 0.1) is 6.92 Å². The van der Waals surface area contributed by atoms with Gasteiger partial charge in [0.25, 0.3) is 5.56 Å². The maximum absolute atomic E-state index is 13.0. The number of hydrogen-bond donors (Lipinski definition) is 0. The van der Waals surface area contributed by atoms with Gasteiger partial charge in [-0.25, -0.2) is 4.98 Å². The molecular formula is C20H21N3O3. The quantitative estimate of drug-likeness (QED) is 0.708. The smallest absolute Gasteiger partial charge is 0.261 e. The van der Waals surface area contributed by atoms with Crippen LogP contribution in [0.3, 0.4) is 0 Å². The second-order valence-corrected chi connectivity index (χ2v) is 6.87. The van der Waals surface area contributed by atoms with E-state index in [-0.39, 0.29) is 30.1 Å². The highest BCUT2D eigenvalue weighted by molar-refractivity contribution is 5.81. The van der Waals surface area contributed by atoms with Crippen LogP contribution in [0.25, 0.3) is 10.9 Å². The van der Waals surface area contributed by atoms with E-state index in [0.717, 1.165) is 24.2 Å². The third-order valence-corrected chi connectivity index (χ3v) is 4.96. The minimum absolute atomic E-state index is 0.0166. The first-order valence-electron chi connectivity index (χ1n) is 8.85. The Kier molecular flexibility index (Phi) is 4.11. The Morgan fingerprint density at radius 1 is 1.35 bits per heavy atom. The highest BCUT2D eigenvalue weighted by Crippen LogP contribution is 2.34. The van der Waals surface area contributed by atoms with Gasteiger partial charge in [-0.2, -0.15) is 0 Å². The van der Waals surface area contributed by atoms with Gasteiger partial charge in [-0.1, -0.05) is 12.1 Å². The molecule has 0 bridgehead atoms. The second-order valence-electron chi connectivity index (χ2n) is 6.87. The Labute approximate surface area is 151 Å². The van der Waals surface area contributed by atoms with Crippen molar-refractivity contribution >= 4 is 16.8 Å². The number of furan rings is 1. The number of nitrogens with zero attached hydrogens (tertiary/aromatic N) is 3. The standard InChI is InChI=1S/C20H21N3O3/c1-13-5-3-6-16-19(13)21-12-22(20(16)25)11-18(24)23(15-8-9-15)14(2)17-7-4-10-26-17/h3-7,10,12,14-15H,8-9,11H2,1-2H3/t14-/m1/s1. The van der Waals surface area contributed by atoms with Crippen molar-refractivity contribution in [3.8, 4) is 0 Å². The summed E-state index contributed by atoms with van der Waals surface area (Å²) >= 11 is 0. The third-order valence-electron chi connectivity index (χ3n) is 4.96. The minimum Gasteiger partial charge on any atom is -0.467 e. The SMILES string of the molecule is Cc1cccc2c(=O)n(CC(=O)N(C3CC3)[C@H](C)c3ccco3)cnc12. The summed E-state index contributed by atoms with van der Waals surface area (Å²) in [5.74, 6) is 0.664. The highest BCUT2D eigenvalue weighted by Gasteiger charge is 2.37. The Morgan fingerprint density at radius 2 is 2.15 bits per heavy atom. The van der Waals surface area contributed by atoms with Gasteiger partial charge in [0.05, 0.1) is 29.5 Å². The number of hydrogen-bond acceptors (Lipinski definition) is 4. The van der Waals surface area contributed by atoms with Crippen LogP contribution in [0.5, 0.6) is 0 Å². The molecule has 2 aromatic heterocycles. The van der Waals surface area contributed by atoms with Gasteiger partial charge in [0, 0.05) is 6.04 Å². The maximum atomic E-state index is 13.0. The summed E-state index contributed by atoms with van der Waals surface area (Å²) in [6.07, 6.45) is 5.06. The van der Waals surface area contributed by atoms with Gasteiger partial charge in [-0.3, -0.25) is 14.2 Å². The van der Waals surface area contributed by atoms with Crippen LogP contribution in [0.1, 0.15) is 37.1 Å². The van der Waals surface area contributed by atoms with Crippen molar-refractivity contribution in [1.29, 1.82) is 0 Å². The van der Waals surface area contributed by atoms with Gasteiger partial charge in [-0.05, 0) is 50.5 Å². The van der Waals surface area contributed by atoms with Crippen molar-refractivity contribution in [3.05, 3.63) is 64.6 Å². The molecule has 1 aliphatic rings. The molecule has 6 heteroatoms. The number of aromatic nitrogens is 2. The fourth-order valence-electron chi connectivity index (χ4n) is 3.43. The number of fused-ring (bicyclic) bond motifs is 1. The molecule has 6 nitrogen and oxygen atoms in total. The van der Waals surface area contributed by atoms with E-state index in [9.17, 15) is 9.59 Å². The zero-order valence-corrected chi connectivity index (χ0v) is 14.9. The number of carbonyl (C=O) groups excluding carboxylic acids is 1. The summed E-state index contributed by atoms with van der Waals surface area (Å²) in [7, 11) is 0. The van der Waals surface area contributed by atoms with Crippen molar-refractivity contribution < 1.29 is 9.21 Å². The monoisotopic (exact) mass is 351 g/mol. The summed E-state index contributed by atoms with van der Waals surface area (Å²) in [5, 5.41) is 0.539. The molecule has 0 saturated heterocycles. The zero-order valence-electron chi connectivity index (χ0n) is 14.9. The van der Waals surface area contributed by atoms with Gasteiger partial charge in [0.1, 0.15) is 12.3 Å². The number of aryl methyl sites for hydroxylation is 1. The average Bonchev–Trinajstić information content (AvgIpc) is 3.29. The van der Waals surface area contributed by atoms with Crippen LogP contribution < -0.4 is 5.56 Å². The van der Waals surface area contributed by atoms with Crippen LogP contribution in [0.15, 0.2) is 52.1 Å². The first kappa shape index (κ1) is 16.6. The van der Waals surface area contributed by atoms with Crippen LogP contribution in [-0.2, 0) is 11.3 Å². The van der Waals surface area contributed by atoms with Crippen molar-refractivity contribution in [2.45, 2.75) is 45.3 Å². The Hall–Kier alpha value is -2.89. The Morgan fingerprint density at radius 3 is 2.85 bits per heavy atom. The fourth-order valence-corrected chi connectivity index (χ4v) is 3.43. The van der Waals surface area contributed by atoms with Gasteiger partial charge >= 0.3 is 0 Å². The topological polar surface area (TPSA) is 68.3 Å². The van der Waals surface area contributed by atoms with E-state index in [1.807, 2.05) is 43.0 Å². The third kappa shape index (κ3) is 2.92. The fraction of sp³-hybridized carbons (Fsp3) is 0.350. The molecule has 0 radical (unpaired) electrons. The average molecular weight is 351 g/mol. The molecule has 1 aliphatic carbocycles. The number of amides is 1. The molecule has 0 spiro atoms. The molecule has 2 heterocycles. The van der Waals surface area contributed by atoms with Crippen LogP contribution in [0.4, 0.5) is 0 Å². The van der Waals surface area contributed by atoms with E-state index in [1.54, 1.807) is 12.3 Å². The van der Waals surface area contributed by atoms with E-state index in [1.165, 1.54) is 10.9 Å². The molecule has 1 amide bonds. The molecule has 1 fully saturated rings. The summed E-state index contributed by atoms with van der Waals surface area (Å²) in [5.41, 5.74) is 1.45. The van der Waals surface area contributed by atoms with Gasteiger partial charge < -0.3 is 9.32 Å². The lowest BCUT2D eigenvalue weighted by Gasteiger charge is -2.28. The summed E-state index contributed by atoms with van der Waals surface area (Å²) in [6, 6.07) is 9.27. The molecule has 0 aliphatic heterocycles. The molecular weight excluding hydrogens is 330 g/mol. The first-order valence-corrected chi connectivity index (χ1v) is 8.85. The van der Waals surface area contributed by atoms with Gasteiger partial charge in [-0.15, -0.1) is 0 Å². The van der Waals surface area contributed by atoms with E-state index < -0.39 is 0 Å². The van der Waals surface area contributed by atoms with E-state index in [2.05, 4.69) is 4.98 Å². The van der Waals surface area contributed by atoms with Crippen molar-refractivity contribution in [1.82, 2.24) is 14.5 Å². The Balaban J connectivity index is 1.63. The lowest BCUT2D eigenvalue weighted by Crippen LogP contribution is -2.39. The predicted molar refractivity (Wildman–Crippen MR) is 97.7 cm³/mol. The predicted octanol–water partition coefficient (Wildman–Crippen LogP) is 3.05. The molecule has 4 rings (SSSR count). The lowest BCUT2D eigenvalue weighted by molar-refractivity contribution is -0.135. The highest BCUT2D eigenvalue weighted by atomic mass is 16.3. The number of benzene rings is 1. The summed E-state index contributed by atoms with van der Waals surface area (Å²) in [4.78, 5) is 32.0. The molecule has 134 valence electrons. The number of para-hydroxylation sites is 1. The largest absolute Gasteiger partial charge is 0.467 e. The van der Waals surface area contributed by atoms with Crippen LogP contribution in [0.2, 0.25) is 0 Å². The van der Waals surface area contributed by atoms with Crippen molar-refractivity contribution in [2.24, 2.45) is 0 Å². The molecule has 0 N–H and O–H groups in total. The van der Waals surface area contributed by atoms with Crippen LogP contribution in [-0.4, -0.2) is 26.4 Å². The molecule has 3 aromatic rings. The van der Waals surface area contributed by atoms with Gasteiger partial charge in [0.15, 0.2) is 0 Å². The normalized spacial score (nSPS) is 15.2. The van der Waals surface area contributed by atoms with Crippen molar-refractivity contribution in [3.63, 3.8) is 0 Å². The van der Waals surface area contributed by atoms with Crippen LogP contribution >= 0.6 is 0 Å². The van der Waals surface area contributed by atoms with E-state index in [0.29, 0.717) is 10.9 Å². The first-order chi connectivity index (χ1) is 12.6. The zero-order chi connectivity index (χ0) is 18.3. The number of rotatable bonds is 5. The lowest BCUT2D eigenvalue weighted by atomic mass is 10.1. The van der Waals surface area contributed by atoms with Gasteiger partial charge in [0.2, 0.25) is 5.91 Å². The second kappa shape index (κ2) is 6.44. The summed E-state index contributed by atoms with van der Waals surface area (Å²) < 4.78 is 6.87. The van der Waals surface area contributed by atoms with E-state index >= 15 is 0 Å². The van der Waals surface area contributed by atoms with E-state index in [4.69, 9.17) is 4.42 Å². The molecule has 1 aromatic carbocycles. The Bertz CT molecular complexity index is 1000. The molecule has 0 unspecified atom stereocenters. The summed E-state index contributed by atoms with van der Waals surface area (Å²) in [6.45, 7) is 3.86. The van der Waals surface area contributed by atoms with Crippen molar-refractivity contribution in [2.75, 3.05) is 0 Å². The minimum atomic E-state index is -0.187. The maximum Gasteiger partial charge on any atom is 0.261 e.